The summed E-state index contributed by atoms with van der Waals surface area (Å²) in [5, 5.41) is 16.9. The molecule has 0 saturated heterocycles. The number of benzene rings is 2. The normalized spacial score (nSPS) is 11.1. The number of hydrogen-bond acceptors (Lipinski definition) is 5. The third-order valence-electron chi connectivity index (χ3n) is 4.55. The van der Waals surface area contributed by atoms with Crippen LogP contribution in [0.4, 0.5) is 8.78 Å². The van der Waals surface area contributed by atoms with Crippen molar-refractivity contribution in [2.45, 2.75) is 0 Å². The van der Waals surface area contributed by atoms with Gasteiger partial charge in [-0.05, 0) is 59.0 Å². The Balaban J connectivity index is 1.75. The van der Waals surface area contributed by atoms with Crippen molar-refractivity contribution in [2.24, 2.45) is 0 Å². The number of rotatable bonds is 4. The van der Waals surface area contributed by atoms with Crippen molar-refractivity contribution < 1.29 is 8.78 Å². The highest BCUT2D eigenvalue weighted by Gasteiger charge is 2.23. The highest BCUT2D eigenvalue weighted by molar-refractivity contribution is 6.30. The summed E-state index contributed by atoms with van der Waals surface area (Å²) in [5.41, 5.74) is 1.78. The fraction of sp³-hybridized carbons (Fsp3) is 0. The van der Waals surface area contributed by atoms with Crippen molar-refractivity contribution in [3.63, 3.8) is 0 Å². The van der Waals surface area contributed by atoms with E-state index < -0.39 is 11.6 Å². The molecule has 0 N–H and O–H groups in total. The van der Waals surface area contributed by atoms with Crippen LogP contribution < -0.4 is 0 Å². The van der Waals surface area contributed by atoms with E-state index in [0.717, 1.165) is 6.07 Å². The predicted molar refractivity (Wildman–Crippen MR) is 110 cm³/mol. The van der Waals surface area contributed by atoms with Crippen LogP contribution in [-0.2, 0) is 0 Å². The fourth-order valence-electron chi connectivity index (χ4n) is 3.24. The summed E-state index contributed by atoms with van der Waals surface area (Å²) in [6.07, 6.45) is 3.13. The van der Waals surface area contributed by atoms with Crippen molar-refractivity contribution in [1.29, 1.82) is 0 Å². The second kappa shape index (κ2) is 7.69. The number of tetrazole rings is 1. The monoisotopic (exact) mass is 435 g/mol. The number of nitrogens with zero attached hydrogens (tertiary/aromatic N) is 7. The van der Waals surface area contributed by atoms with E-state index in [0.29, 0.717) is 33.6 Å². The molecule has 0 aliphatic heterocycles. The number of aromatic nitrogens is 7. The van der Waals surface area contributed by atoms with Gasteiger partial charge in [0, 0.05) is 22.8 Å². The zero-order valence-electron chi connectivity index (χ0n) is 15.7. The van der Waals surface area contributed by atoms with Gasteiger partial charge in [0.25, 0.3) is 0 Å². The predicted octanol–water partition coefficient (Wildman–Crippen LogP) is 4.51. The molecule has 5 aromatic rings. The molecule has 0 unspecified atom stereocenters. The molecule has 0 aliphatic carbocycles. The van der Waals surface area contributed by atoms with Gasteiger partial charge in [0.1, 0.15) is 11.6 Å². The zero-order chi connectivity index (χ0) is 21.4. The lowest BCUT2D eigenvalue weighted by Crippen LogP contribution is -2.04. The Morgan fingerprint density at radius 3 is 2.35 bits per heavy atom. The molecule has 3 aromatic heterocycles. The second-order valence-electron chi connectivity index (χ2n) is 6.56. The minimum absolute atomic E-state index is 0.265. The lowest BCUT2D eigenvalue weighted by atomic mass is 10.1. The maximum atomic E-state index is 14.1. The zero-order valence-corrected chi connectivity index (χ0v) is 16.4. The van der Waals surface area contributed by atoms with Crippen LogP contribution in [0.2, 0.25) is 5.02 Å². The lowest BCUT2D eigenvalue weighted by molar-refractivity contribution is 0.584. The van der Waals surface area contributed by atoms with Gasteiger partial charge in [-0.3, -0.25) is 0 Å². The third kappa shape index (κ3) is 3.55. The van der Waals surface area contributed by atoms with Crippen molar-refractivity contribution in [3.05, 3.63) is 89.7 Å². The van der Waals surface area contributed by atoms with Gasteiger partial charge < -0.3 is 0 Å². The molecule has 0 radical (unpaired) electrons. The summed E-state index contributed by atoms with van der Waals surface area (Å²) < 4.78 is 31.1. The molecule has 152 valence electrons. The van der Waals surface area contributed by atoms with E-state index in [1.165, 1.54) is 27.7 Å². The van der Waals surface area contributed by atoms with Crippen LogP contribution in [-0.4, -0.2) is 35.0 Å². The Labute approximate surface area is 179 Å². The van der Waals surface area contributed by atoms with E-state index in [1.54, 1.807) is 48.7 Å². The van der Waals surface area contributed by atoms with Crippen molar-refractivity contribution in [1.82, 2.24) is 35.0 Å². The summed E-state index contributed by atoms with van der Waals surface area (Å²) in [4.78, 5) is 4.30. The van der Waals surface area contributed by atoms with E-state index >= 15 is 0 Å². The van der Waals surface area contributed by atoms with Gasteiger partial charge in [-0.15, -0.1) is 5.10 Å². The van der Waals surface area contributed by atoms with E-state index in [1.807, 2.05) is 0 Å². The summed E-state index contributed by atoms with van der Waals surface area (Å²) in [6, 6.07) is 15.5. The van der Waals surface area contributed by atoms with Gasteiger partial charge in [-0.25, -0.2) is 18.4 Å². The first-order valence-corrected chi connectivity index (χ1v) is 9.48. The van der Waals surface area contributed by atoms with E-state index in [2.05, 4.69) is 25.6 Å². The Kier molecular flexibility index (Phi) is 4.72. The molecule has 0 spiro atoms. The molecular weight excluding hydrogens is 424 g/mol. The summed E-state index contributed by atoms with van der Waals surface area (Å²) in [5.74, 6) is -0.623. The van der Waals surface area contributed by atoms with Crippen LogP contribution >= 0.6 is 11.6 Å². The van der Waals surface area contributed by atoms with E-state index in [9.17, 15) is 8.78 Å². The van der Waals surface area contributed by atoms with Crippen LogP contribution in [0.5, 0.6) is 0 Å². The minimum atomic E-state index is -0.716. The molecule has 7 nitrogen and oxygen atoms in total. The maximum Gasteiger partial charge on any atom is 0.190 e. The molecule has 0 saturated carbocycles. The Morgan fingerprint density at radius 1 is 0.871 bits per heavy atom. The minimum Gasteiger partial charge on any atom is -0.237 e. The molecule has 0 amide bonds. The average Bonchev–Trinajstić information content (AvgIpc) is 3.41. The number of pyridine rings is 1. The summed E-state index contributed by atoms with van der Waals surface area (Å²) >= 11 is 5.98. The highest BCUT2D eigenvalue weighted by atomic mass is 35.5. The first-order chi connectivity index (χ1) is 15.1. The van der Waals surface area contributed by atoms with Crippen molar-refractivity contribution >= 4 is 11.6 Å². The molecular formula is C21H12ClF2N7. The topological polar surface area (TPSA) is 74.3 Å². The summed E-state index contributed by atoms with van der Waals surface area (Å²) in [6.45, 7) is 0. The molecule has 10 heteroatoms. The van der Waals surface area contributed by atoms with Crippen LogP contribution in [0, 0.1) is 11.6 Å². The average molecular weight is 436 g/mol. The molecule has 5 rings (SSSR count). The fourth-order valence-corrected chi connectivity index (χ4v) is 3.37. The van der Waals surface area contributed by atoms with Crippen molar-refractivity contribution in [2.75, 3.05) is 0 Å². The molecule has 0 aliphatic rings. The highest BCUT2D eigenvalue weighted by Crippen LogP contribution is 2.34. The smallest absolute Gasteiger partial charge is 0.190 e. The van der Waals surface area contributed by atoms with Gasteiger partial charge in [0.2, 0.25) is 0 Å². The van der Waals surface area contributed by atoms with Gasteiger partial charge in [-0.2, -0.15) is 9.78 Å². The molecule has 2 aromatic carbocycles. The number of hydrogen-bond donors (Lipinski definition) is 0. The van der Waals surface area contributed by atoms with E-state index in [-0.39, 0.29) is 5.56 Å². The largest absolute Gasteiger partial charge is 0.237 e. The quantitative estimate of drug-likeness (QED) is 0.415. The van der Waals surface area contributed by atoms with Crippen LogP contribution in [0.15, 0.2) is 73.1 Å². The lowest BCUT2D eigenvalue weighted by Gasteiger charge is -2.10. The van der Waals surface area contributed by atoms with Gasteiger partial charge in [0.15, 0.2) is 11.6 Å². The molecule has 0 bridgehead atoms. The Bertz CT molecular complexity index is 1340. The number of halogens is 3. The van der Waals surface area contributed by atoms with E-state index in [4.69, 9.17) is 11.6 Å². The molecule has 3 heterocycles. The first-order valence-electron chi connectivity index (χ1n) is 9.11. The standard InChI is InChI=1S/C21H12ClF2N7/c22-14-4-6-17(7-5-14)30-21(27-28-29-30)18-12-26-31(19-3-1-2-8-25-19)20(18)13-9-15(23)11-16(24)10-13/h1-12H. The van der Waals surface area contributed by atoms with Crippen molar-refractivity contribution in [3.8, 4) is 34.2 Å². The molecule has 0 atom stereocenters. The van der Waals surface area contributed by atoms with Gasteiger partial charge in [0.05, 0.1) is 23.1 Å². The molecule has 31 heavy (non-hydrogen) atoms. The summed E-state index contributed by atoms with van der Waals surface area (Å²) in [7, 11) is 0. The van der Waals surface area contributed by atoms with Gasteiger partial charge >= 0.3 is 0 Å². The maximum absolute atomic E-state index is 14.1. The first kappa shape index (κ1) is 19.0. The Hall–Kier alpha value is -3.98. The SMILES string of the molecule is Fc1cc(F)cc(-c2c(-c3nnnn3-c3ccc(Cl)cc3)cnn2-c2ccccn2)c1. The van der Waals surface area contributed by atoms with Crippen LogP contribution in [0.25, 0.3) is 34.2 Å². The van der Waals surface area contributed by atoms with Crippen LogP contribution in [0.3, 0.4) is 0 Å². The Morgan fingerprint density at radius 2 is 1.65 bits per heavy atom. The van der Waals surface area contributed by atoms with Gasteiger partial charge in [-0.1, -0.05) is 17.7 Å². The van der Waals surface area contributed by atoms with Crippen LogP contribution in [0.1, 0.15) is 0 Å². The third-order valence-corrected chi connectivity index (χ3v) is 4.81. The second-order valence-corrected chi connectivity index (χ2v) is 6.99. The molecule has 0 fully saturated rings.